The zero-order valence-corrected chi connectivity index (χ0v) is 24.2. The van der Waals surface area contributed by atoms with Crippen molar-refractivity contribution in [1.29, 1.82) is 0 Å². The van der Waals surface area contributed by atoms with Crippen LogP contribution in [0.2, 0.25) is 0 Å². The number of aliphatic imine (C=N–C) groups is 1. The zero-order valence-electron chi connectivity index (χ0n) is 24.2. The van der Waals surface area contributed by atoms with Crippen LogP contribution in [0.5, 0.6) is 0 Å². The van der Waals surface area contributed by atoms with Gasteiger partial charge in [0.2, 0.25) is 0 Å². The monoisotopic (exact) mass is 627 g/mol. The Morgan fingerprint density at radius 3 is 2.31 bits per heavy atom. The van der Waals surface area contributed by atoms with Gasteiger partial charge in [0.1, 0.15) is 71.5 Å². The van der Waals surface area contributed by atoms with E-state index in [4.69, 9.17) is 9.47 Å². The van der Waals surface area contributed by atoms with E-state index in [0.29, 0.717) is 22.4 Å². The standard InChI is InChI=1S/C14H18N4O4.C13H15N5O5/c1-14(21)11(20)9(5-19)22-12(14)8-4-7-2-3-15-13-10(7)18(8)17-6-16-13;1-13(22)9(20)7(3-19)23-10(13)6-2-5-8-11(17-12(21)16-5)14-4-15-18(6)8/h4,6,9,11-12,19-21H,2-3,5H2,1H3,(H,15,16,17);2,4,7,9-10,19-20,22H,3H2,1H3,(H2,14,15,16,17,21)/t9-,11-,12+,14-;7-,9-,10+,13-/m11/s1. The molecule has 4 aliphatic heterocycles. The van der Waals surface area contributed by atoms with Crippen molar-refractivity contribution < 1.29 is 40.1 Å². The van der Waals surface area contributed by atoms with E-state index < -0.39 is 60.1 Å². The summed E-state index contributed by atoms with van der Waals surface area (Å²) < 4.78 is 14.6. The minimum absolute atomic E-state index is 0.241. The van der Waals surface area contributed by atoms with Crippen LogP contribution in [0.25, 0.3) is 16.6 Å². The van der Waals surface area contributed by atoms with Gasteiger partial charge < -0.3 is 50.4 Å². The average Bonchev–Trinajstić information content (AvgIpc) is 3.70. The SMILES string of the molecule is C[C@@]1(O)[C@H](O)[C@@H](CO)O[C@H]1c1cc2[nH]c(=O)nc3c2n1NC=N3.C[C@@]1(O)[C@H](O)[C@@H](CO)O[C@H]1c1cc2c3c(ncnn13)NCC2. The molecule has 0 amide bonds. The highest BCUT2D eigenvalue weighted by molar-refractivity contribution is 5.91. The Bertz CT molecular complexity index is 1870. The second-order valence-electron chi connectivity index (χ2n) is 11.9. The van der Waals surface area contributed by atoms with Crippen LogP contribution in [-0.2, 0) is 15.9 Å². The van der Waals surface area contributed by atoms with E-state index in [1.54, 1.807) is 15.3 Å². The second-order valence-corrected chi connectivity index (χ2v) is 11.9. The van der Waals surface area contributed by atoms with Gasteiger partial charge in [-0.1, -0.05) is 0 Å². The fraction of sp³-hybridized carbons (Fsp3) is 0.519. The van der Waals surface area contributed by atoms with Crippen molar-refractivity contribution >= 4 is 34.5 Å². The first kappa shape index (κ1) is 29.7. The number of ether oxygens (including phenoxy) is 2. The first-order valence-corrected chi connectivity index (χ1v) is 14.3. The normalized spacial score (nSPS) is 33.2. The summed E-state index contributed by atoms with van der Waals surface area (Å²) in [6, 6.07) is 3.55. The van der Waals surface area contributed by atoms with Crippen molar-refractivity contribution in [3.63, 3.8) is 0 Å². The zero-order chi connectivity index (χ0) is 31.8. The Labute approximate surface area is 253 Å². The average molecular weight is 628 g/mol. The lowest BCUT2D eigenvalue weighted by atomic mass is 9.91. The van der Waals surface area contributed by atoms with Crippen molar-refractivity contribution in [2.24, 2.45) is 4.99 Å². The lowest BCUT2D eigenvalue weighted by molar-refractivity contribution is -0.0665. The molecule has 0 saturated carbocycles. The van der Waals surface area contributed by atoms with Crippen LogP contribution in [0, 0.1) is 0 Å². The lowest BCUT2D eigenvalue weighted by Crippen LogP contribution is -2.43. The highest BCUT2D eigenvalue weighted by Gasteiger charge is 2.54. The van der Waals surface area contributed by atoms with E-state index in [1.165, 1.54) is 26.5 Å². The molecular weight excluding hydrogens is 594 g/mol. The number of hydrogen-bond acceptors (Lipinski definition) is 15. The number of anilines is 1. The third kappa shape index (κ3) is 4.44. The van der Waals surface area contributed by atoms with Crippen molar-refractivity contribution in [3.05, 3.63) is 45.9 Å². The van der Waals surface area contributed by atoms with Crippen molar-refractivity contribution in [1.82, 2.24) is 29.2 Å². The Kier molecular flexibility index (Phi) is 6.95. The molecule has 0 aromatic carbocycles. The van der Waals surface area contributed by atoms with Crippen molar-refractivity contribution in [2.75, 3.05) is 30.5 Å². The Morgan fingerprint density at radius 2 is 1.67 bits per heavy atom. The molecule has 4 aromatic rings. The maximum atomic E-state index is 11.6. The predicted octanol–water partition coefficient (Wildman–Crippen LogP) is -2.27. The van der Waals surface area contributed by atoms with Crippen LogP contribution in [-0.4, -0.2) is 122 Å². The van der Waals surface area contributed by atoms with Gasteiger partial charge in [0.25, 0.3) is 0 Å². The molecule has 0 spiro atoms. The number of nitrogens with zero attached hydrogens (tertiary/aromatic N) is 6. The number of nitrogens with one attached hydrogen (secondary N) is 3. The van der Waals surface area contributed by atoms with Gasteiger partial charge in [-0.3, -0.25) is 10.1 Å². The molecule has 8 rings (SSSR count). The minimum atomic E-state index is -1.62. The van der Waals surface area contributed by atoms with Gasteiger partial charge in [-0.25, -0.2) is 19.3 Å². The molecule has 0 aliphatic carbocycles. The van der Waals surface area contributed by atoms with Crippen LogP contribution in [0.15, 0.2) is 28.2 Å². The van der Waals surface area contributed by atoms with E-state index in [2.05, 4.69) is 35.8 Å². The molecule has 2 fully saturated rings. The predicted molar refractivity (Wildman–Crippen MR) is 156 cm³/mol. The molecule has 0 bridgehead atoms. The fourth-order valence-electron chi connectivity index (χ4n) is 6.54. The maximum Gasteiger partial charge on any atom is 0.347 e. The molecule has 2 saturated heterocycles. The van der Waals surface area contributed by atoms with Gasteiger partial charge in [0, 0.05) is 6.54 Å². The summed E-state index contributed by atoms with van der Waals surface area (Å²) >= 11 is 0. The fourth-order valence-corrected chi connectivity index (χ4v) is 6.54. The molecule has 0 radical (unpaired) electrons. The first-order chi connectivity index (χ1) is 21.5. The molecule has 8 heterocycles. The third-order valence-electron chi connectivity index (χ3n) is 8.89. The number of aromatic amines is 1. The maximum absolute atomic E-state index is 11.6. The molecule has 8 atom stereocenters. The molecule has 45 heavy (non-hydrogen) atoms. The van der Waals surface area contributed by atoms with E-state index in [9.17, 15) is 35.4 Å². The van der Waals surface area contributed by atoms with Crippen LogP contribution in [0.3, 0.4) is 0 Å². The molecule has 4 aliphatic rings. The largest absolute Gasteiger partial charge is 0.394 e. The lowest BCUT2D eigenvalue weighted by Gasteiger charge is -2.27. The Hall–Kier alpha value is -4.01. The van der Waals surface area contributed by atoms with Gasteiger partial charge in [-0.2, -0.15) is 10.1 Å². The number of aliphatic hydroxyl groups excluding tert-OH is 4. The highest BCUT2D eigenvalue weighted by atomic mass is 16.6. The second kappa shape index (κ2) is 10.5. The minimum Gasteiger partial charge on any atom is -0.394 e. The van der Waals surface area contributed by atoms with Gasteiger partial charge >= 0.3 is 5.69 Å². The number of H-pyrrole nitrogens is 1. The van der Waals surface area contributed by atoms with E-state index in [1.807, 2.05) is 6.07 Å². The smallest absolute Gasteiger partial charge is 0.347 e. The van der Waals surface area contributed by atoms with Gasteiger partial charge in [-0.05, 0) is 38.0 Å². The van der Waals surface area contributed by atoms with Crippen LogP contribution < -0.4 is 16.4 Å². The van der Waals surface area contributed by atoms with Crippen LogP contribution in [0.4, 0.5) is 11.6 Å². The van der Waals surface area contributed by atoms with Gasteiger partial charge in [0.15, 0.2) is 11.6 Å². The summed E-state index contributed by atoms with van der Waals surface area (Å²) in [5.41, 5.74) is 3.28. The quantitative estimate of drug-likeness (QED) is 0.116. The highest BCUT2D eigenvalue weighted by Crippen LogP contribution is 2.44. The summed E-state index contributed by atoms with van der Waals surface area (Å²) in [6.45, 7) is 2.95. The third-order valence-corrected chi connectivity index (χ3v) is 8.89. The molecule has 240 valence electrons. The Balaban J connectivity index is 0.000000145. The van der Waals surface area contributed by atoms with Gasteiger partial charge in [0.05, 0.1) is 30.1 Å². The van der Waals surface area contributed by atoms with Gasteiger partial charge in [-0.15, -0.1) is 0 Å². The summed E-state index contributed by atoms with van der Waals surface area (Å²) in [7, 11) is 0. The van der Waals surface area contributed by atoms with E-state index in [0.717, 1.165) is 29.9 Å². The molecular formula is C27H33N9O9. The summed E-state index contributed by atoms with van der Waals surface area (Å²) in [4.78, 5) is 26.2. The number of aromatic nitrogens is 6. The van der Waals surface area contributed by atoms with Crippen molar-refractivity contribution in [3.8, 4) is 0 Å². The number of aliphatic hydroxyl groups is 6. The van der Waals surface area contributed by atoms with Crippen molar-refractivity contribution in [2.45, 2.75) is 68.1 Å². The van der Waals surface area contributed by atoms with Crippen LogP contribution in [0.1, 0.15) is 43.0 Å². The molecule has 9 N–H and O–H groups in total. The Morgan fingerprint density at radius 1 is 1.00 bits per heavy atom. The summed E-state index contributed by atoms with van der Waals surface area (Å²) in [6.07, 6.45) is -2.21. The molecule has 18 nitrogen and oxygen atoms in total. The number of rotatable bonds is 4. The summed E-state index contributed by atoms with van der Waals surface area (Å²) in [5.74, 6) is 0.991. The topological polar surface area (TPSA) is 257 Å². The molecule has 18 heteroatoms. The van der Waals surface area contributed by atoms with Crippen LogP contribution >= 0.6 is 0 Å². The number of hydrogen-bond donors (Lipinski definition) is 9. The summed E-state index contributed by atoms with van der Waals surface area (Å²) in [5, 5.41) is 67.6. The first-order valence-electron chi connectivity index (χ1n) is 14.3. The molecule has 0 unspecified atom stereocenters. The molecule has 4 aromatic heterocycles. The van der Waals surface area contributed by atoms with E-state index >= 15 is 0 Å². The van der Waals surface area contributed by atoms with E-state index in [-0.39, 0.29) is 12.4 Å².